The number of hydrogen-bond donors (Lipinski definition) is 3. The number of amides is 1. The summed E-state index contributed by atoms with van der Waals surface area (Å²) in [6.07, 6.45) is 7.51. The summed E-state index contributed by atoms with van der Waals surface area (Å²) in [7, 11) is 0. The Labute approximate surface area is 232 Å². The number of carbonyl (C=O) groups excluding carboxylic acids is 1. The van der Waals surface area contributed by atoms with Crippen LogP contribution in [-0.2, 0) is 11.2 Å². The van der Waals surface area contributed by atoms with Crippen molar-refractivity contribution in [1.82, 2.24) is 0 Å². The Morgan fingerprint density at radius 3 is 2.68 bits per heavy atom. The zero-order chi connectivity index (χ0) is 27.0. The lowest BCUT2D eigenvalue weighted by Gasteiger charge is -2.63. The highest BCUT2D eigenvalue weighted by Crippen LogP contribution is 2.68. The van der Waals surface area contributed by atoms with Crippen molar-refractivity contribution in [2.45, 2.75) is 103 Å². The molecule has 38 heavy (non-hydrogen) atoms. The molecule has 1 amide bonds. The molecule has 1 aliphatic heterocycles. The standard InChI is InChI=1S/C32H46ClNO4/c1-18(4-9-29(38)34-13-11-19-14-21(33)5-8-26(19)34)23-6-7-24-30-25(17-28(37)32(23,24)3)31(2)12-10-22(35)15-20(31)16-27(30)36/h5,8,14,18,20,22-25,27-28,30,35-37H,4,6-7,9-13,15-17H2,1-3H3/t18-,20+,22-,23-,24+,25+,27-,28+,30+,31+,32-/m1/s1. The fourth-order valence-electron chi connectivity index (χ4n) is 10.4. The summed E-state index contributed by atoms with van der Waals surface area (Å²) >= 11 is 6.16. The van der Waals surface area contributed by atoms with E-state index in [-0.39, 0.29) is 41.0 Å². The average molecular weight is 544 g/mol. The molecule has 0 aromatic heterocycles. The first-order chi connectivity index (χ1) is 18.0. The van der Waals surface area contributed by atoms with Gasteiger partial charge in [0.25, 0.3) is 0 Å². The molecule has 6 rings (SSSR count). The number of benzene rings is 1. The van der Waals surface area contributed by atoms with Crippen LogP contribution in [0.15, 0.2) is 18.2 Å². The first-order valence-corrected chi connectivity index (χ1v) is 15.5. The third-order valence-electron chi connectivity index (χ3n) is 12.6. The van der Waals surface area contributed by atoms with Crippen molar-refractivity contribution in [3.63, 3.8) is 0 Å². The van der Waals surface area contributed by atoms with E-state index in [0.29, 0.717) is 36.0 Å². The monoisotopic (exact) mass is 543 g/mol. The quantitative estimate of drug-likeness (QED) is 0.461. The molecule has 1 aromatic carbocycles. The summed E-state index contributed by atoms with van der Waals surface area (Å²) in [6, 6.07) is 5.81. The maximum Gasteiger partial charge on any atom is 0.227 e. The van der Waals surface area contributed by atoms with Crippen molar-refractivity contribution in [2.75, 3.05) is 11.4 Å². The Morgan fingerprint density at radius 1 is 1.11 bits per heavy atom. The van der Waals surface area contributed by atoms with Gasteiger partial charge < -0.3 is 20.2 Å². The summed E-state index contributed by atoms with van der Waals surface area (Å²) in [6.45, 7) is 7.68. The molecule has 0 radical (unpaired) electrons. The van der Waals surface area contributed by atoms with Crippen LogP contribution in [0.5, 0.6) is 0 Å². The predicted octanol–water partition coefficient (Wildman–Crippen LogP) is 5.61. The van der Waals surface area contributed by atoms with Crippen LogP contribution < -0.4 is 4.90 Å². The van der Waals surface area contributed by atoms with Gasteiger partial charge in [-0.15, -0.1) is 0 Å². The van der Waals surface area contributed by atoms with Crippen LogP contribution in [0, 0.1) is 46.3 Å². The first kappa shape index (κ1) is 27.1. The Kier molecular flexibility index (Phi) is 6.94. The molecule has 1 aromatic rings. The van der Waals surface area contributed by atoms with Crippen LogP contribution in [0.2, 0.25) is 5.02 Å². The number of rotatable bonds is 4. The van der Waals surface area contributed by atoms with Crippen molar-refractivity contribution in [3.8, 4) is 0 Å². The van der Waals surface area contributed by atoms with Crippen molar-refractivity contribution >= 4 is 23.2 Å². The van der Waals surface area contributed by atoms with Crippen LogP contribution in [0.4, 0.5) is 5.69 Å². The van der Waals surface area contributed by atoms with E-state index < -0.39 is 0 Å². The molecule has 0 unspecified atom stereocenters. The highest BCUT2D eigenvalue weighted by Gasteiger charge is 2.65. The molecule has 0 saturated heterocycles. The summed E-state index contributed by atoms with van der Waals surface area (Å²) in [5, 5.41) is 34.4. The Hall–Kier alpha value is -1.14. The van der Waals surface area contributed by atoms with Crippen molar-refractivity contribution in [3.05, 3.63) is 28.8 Å². The summed E-state index contributed by atoms with van der Waals surface area (Å²) in [5.74, 6) is 2.07. The molecule has 0 bridgehead atoms. The highest BCUT2D eigenvalue weighted by atomic mass is 35.5. The Morgan fingerprint density at radius 2 is 1.89 bits per heavy atom. The maximum atomic E-state index is 13.3. The fourth-order valence-corrected chi connectivity index (χ4v) is 10.6. The molecular formula is C32H46ClNO4. The van der Waals surface area contributed by atoms with E-state index in [2.05, 4.69) is 20.8 Å². The zero-order valence-electron chi connectivity index (χ0n) is 23.3. The third-order valence-corrected chi connectivity index (χ3v) is 12.8. The molecule has 11 atom stereocenters. The van der Waals surface area contributed by atoms with Crippen LogP contribution in [0.25, 0.3) is 0 Å². The van der Waals surface area contributed by atoms with Crippen LogP contribution in [-0.4, -0.2) is 46.1 Å². The van der Waals surface area contributed by atoms with Gasteiger partial charge >= 0.3 is 0 Å². The van der Waals surface area contributed by atoms with Crippen LogP contribution >= 0.6 is 11.6 Å². The molecule has 5 aliphatic rings. The van der Waals surface area contributed by atoms with Gasteiger partial charge in [0.15, 0.2) is 0 Å². The minimum Gasteiger partial charge on any atom is -0.393 e. The summed E-state index contributed by atoms with van der Waals surface area (Å²) in [4.78, 5) is 15.2. The topological polar surface area (TPSA) is 81.0 Å². The van der Waals surface area contributed by atoms with Gasteiger partial charge in [-0.2, -0.15) is 0 Å². The second-order valence-electron chi connectivity index (χ2n) is 14.1. The largest absolute Gasteiger partial charge is 0.393 e. The van der Waals surface area contributed by atoms with E-state index in [9.17, 15) is 20.1 Å². The second-order valence-corrected chi connectivity index (χ2v) is 14.5. The molecule has 0 spiro atoms. The number of hydrogen-bond acceptors (Lipinski definition) is 4. The smallest absolute Gasteiger partial charge is 0.227 e. The highest BCUT2D eigenvalue weighted by molar-refractivity contribution is 6.30. The van der Waals surface area contributed by atoms with E-state index in [1.165, 1.54) is 0 Å². The van der Waals surface area contributed by atoms with E-state index in [4.69, 9.17) is 11.6 Å². The normalized spacial score (nSPS) is 44.7. The van der Waals surface area contributed by atoms with Gasteiger partial charge in [-0.25, -0.2) is 0 Å². The van der Waals surface area contributed by atoms with E-state index in [0.717, 1.165) is 80.6 Å². The summed E-state index contributed by atoms with van der Waals surface area (Å²) < 4.78 is 0. The van der Waals surface area contributed by atoms with Gasteiger partial charge in [0.2, 0.25) is 5.91 Å². The number of aliphatic hydroxyl groups excluding tert-OH is 3. The Bertz CT molecular complexity index is 1080. The fraction of sp³-hybridized carbons (Fsp3) is 0.781. The van der Waals surface area contributed by atoms with Crippen LogP contribution in [0.3, 0.4) is 0 Å². The van der Waals surface area contributed by atoms with Gasteiger partial charge in [-0.05, 0) is 128 Å². The zero-order valence-corrected chi connectivity index (χ0v) is 24.0. The second kappa shape index (κ2) is 9.75. The minimum absolute atomic E-state index is 0.0950. The van der Waals surface area contributed by atoms with E-state index in [1.54, 1.807) is 0 Å². The lowest BCUT2D eigenvalue weighted by molar-refractivity contribution is -0.207. The number of anilines is 1. The van der Waals surface area contributed by atoms with Crippen molar-refractivity contribution in [1.29, 1.82) is 0 Å². The number of fused-ring (bicyclic) bond motifs is 6. The average Bonchev–Trinajstić information content (AvgIpc) is 3.45. The van der Waals surface area contributed by atoms with E-state index in [1.807, 2.05) is 23.1 Å². The van der Waals surface area contributed by atoms with Gasteiger partial charge in [0.05, 0.1) is 18.3 Å². The van der Waals surface area contributed by atoms with Gasteiger partial charge in [-0.3, -0.25) is 4.79 Å². The van der Waals surface area contributed by atoms with Crippen molar-refractivity contribution < 1.29 is 20.1 Å². The molecule has 6 heteroatoms. The number of aliphatic hydroxyl groups is 3. The molecular weight excluding hydrogens is 498 g/mol. The number of halogens is 1. The summed E-state index contributed by atoms with van der Waals surface area (Å²) in [5.41, 5.74) is 2.03. The Balaban J connectivity index is 1.16. The molecule has 3 N–H and O–H groups in total. The van der Waals surface area contributed by atoms with Gasteiger partial charge in [-0.1, -0.05) is 32.4 Å². The minimum atomic E-state index is -0.385. The molecule has 5 nitrogen and oxygen atoms in total. The van der Waals surface area contributed by atoms with E-state index >= 15 is 0 Å². The van der Waals surface area contributed by atoms with Crippen LogP contribution in [0.1, 0.15) is 84.1 Å². The first-order valence-electron chi connectivity index (χ1n) is 15.2. The molecule has 4 aliphatic carbocycles. The third kappa shape index (κ3) is 4.09. The molecule has 4 fully saturated rings. The lowest BCUT2D eigenvalue weighted by atomic mass is 9.43. The predicted molar refractivity (Wildman–Crippen MR) is 150 cm³/mol. The van der Waals surface area contributed by atoms with Gasteiger partial charge in [0.1, 0.15) is 0 Å². The molecule has 210 valence electrons. The molecule has 4 saturated carbocycles. The number of nitrogens with zero attached hydrogens (tertiary/aromatic N) is 1. The lowest BCUT2D eigenvalue weighted by Crippen LogP contribution is -2.62. The molecule has 1 heterocycles. The SMILES string of the molecule is C[C@H](CCC(=O)N1CCc2cc(Cl)ccc21)[C@H]1CC[C@H]2[C@@H]3[C@H](O)C[C@@H]4C[C@H](O)CC[C@]4(C)[C@H]3C[C@H](O)[C@]12C. The maximum absolute atomic E-state index is 13.3. The number of carbonyl (C=O) groups is 1. The van der Waals surface area contributed by atoms with Gasteiger partial charge in [0, 0.05) is 23.7 Å². The van der Waals surface area contributed by atoms with Crippen molar-refractivity contribution in [2.24, 2.45) is 46.3 Å².